The summed E-state index contributed by atoms with van der Waals surface area (Å²) in [5.74, 6) is 0.564. The Bertz CT molecular complexity index is 993. The van der Waals surface area contributed by atoms with Crippen LogP contribution in [-0.4, -0.2) is 30.3 Å². The molecule has 0 atom stereocenters. The maximum atomic E-state index is 13.1. The van der Waals surface area contributed by atoms with Gasteiger partial charge >= 0.3 is 0 Å². The Hall–Kier alpha value is -3.28. The van der Waals surface area contributed by atoms with Crippen molar-refractivity contribution < 1.29 is 14.3 Å². The number of nitrogens with zero attached hydrogens (tertiary/aromatic N) is 1. The van der Waals surface area contributed by atoms with Gasteiger partial charge in [-0.1, -0.05) is 51.1 Å². The first kappa shape index (κ1) is 20.5. The van der Waals surface area contributed by atoms with Gasteiger partial charge in [0.15, 0.2) is 0 Å². The largest absolute Gasteiger partial charge is 0.496 e. The number of anilines is 1. The molecular weight excluding hydrogens is 366 g/mol. The van der Waals surface area contributed by atoms with Crippen LogP contribution in [0.4, 0.5) is 5.69 Å². The van der Waals surface area contributed by atoms with Crippen LogP contribution in [0.2, 0.25) is 0 Å². The normalized spacial score (nSPS) is 11.2. The Balaban J connectivity index is 1.97. The first-order valence-corrected chi connectivity index (χ1v) is 9.44. The van der Waals surface area contributed by atoms with Crippen molar-refractivity contribution in [2.45, 2.75) is 33.1 Å². The van der Waals surface area contributed by atoms with Crippen LogP contribution < -0.4 is 14.8 Å². The van der Waals surface area contributed by atoms with E-state index in [0.717, 1.165) is 11.3 Å². The van der Waals surface area contributed by atoms with Crippen LogP contribution in [0.15, 0.2) is 42.5 Å². The molecule has 3 rings (SSSR count). The third-order valence-corrected chi connectivity index (χ3v) is 4.86. The van der Waals surface area contributed by atoms with Gasteiger partial charge < -0.3 is 14.8 Å². The lowest BCUT2D eigenvalue weighted by atomic mass is 9.86. The van der Waals surface area contributed by atoms with E-state index < -0.39 is 0 Å². The number of ether oxygens (including phenoxy) is 2. The number of aromatic nitrogens is 2. The van der Waals surface area contributed by atoms with E-state index in [-0.39, 0.29) is 11.3 Å². The van der Waals surface area contributed by atoms with Crippen LogP contribution in [-0.2, 0) is 5.41 Å². The molecule has 1 heterocycles. The van der Waals surface area contributed by atoms with Crippen LogP contribution in [0.5, 0.6) is 11.5 Å². The summed E-state index contributed by atoms with van der Waals surface area (Å²) < 4.78 is 10.7. The Morgan fingerprint density at radius 1 is 1.00 bits per heavy atom. The van der Waals surface area contributed by atoms with E-state index >= 15 is 0 Å². The number of benzene rings is 2. The summed E-state index contributed by atoms with van der Waals surface area (Å²) in [5, 5.41) is 10.4. The topological polar surface area (TPSA) is 76.2 Å². The first-order valence-electron chi connectivity index (χ1n) is 9.44. The van der Waals surface area contributed by atoms with E-state index in [1.807, 2.05) is 19.1 Å². The number of hydrogen-bond acceptors (Lipinski definition) is 4. The van der Waals surface area contributed by atoms with Crippen molar-refractivity contribution in [3.63, 3.8) is 0 Å². The quantitative estimate of drug-likeness (QED) is 0.643. The van der Waals surface area contributed by atoms with Crippen LogP contribution in [0.1, 0.15) is 42.4 Å². The van der Waals surface area contributed by atoms with Crippen molar-refractivity contribution in [1.29, 1.82) is 0 Å². The van der Waals surface area contributed by atoms with Gasteiger partial charge in [0.25, 0.3) is 5.91 Å². The van der Waals surface area contributed by atoms with Crippen molar-refractivity contribution in [2.75, 3.05) is 19.5 Å². The molecule has 2 aromatic carbocycles. The number of nitrogens with one attached hydrogen (secondary N) is 2. The van der Waals surface area contributed by atoms with Gasteiger partial charge in [-0.15, -0.1) is 0 Å². The smallest absolute Gasteiger partial charge is 0.263 e. The Morgan fingerprint density at radius 3 is 2.10 bits per heavy atom. The fourth-order valence-corrected chi connectivity index (χ4v) is 3.17. The van der Waals surface area contributed by atoms with Gasteiger partial charge in [-0.25, -0.2) is 0 Å². The van der Waals surface area contributed by atoms with E-state index in [9.17, 15) is 4.79 Å². The Labute approximate surface area is 171 Å². The number of carbonyl (C=O) groups is 1. The van der Waals surface area contributed by atoms with Gasteiger partial charge in [-0.05, 0) is 30.0 Å². The summed E-state index contributed by atoms with van der Waals surface area (Å²) in [6.45, 7) is 8.39. The average Bonchev–Trinajstić information content (AvgIpc) is 3.06. The third kappa shape index (κ3) is 4.11. The highest BCUT2D eigenvalue weighted by atomic mass is 16.5. The molecule has 0 aliphatic heterocycles. The minimum absolute atomic E-state index is 0.0669. The zero-order chi connectivity index (χ0) is 21.2. The molecule has 6 nitrogen and oxygen atoms in total. The van der Waals surface area contributed by atoms with Crippen molar-refractivity contribution in [2.24, 2.45) is 0 Å². The van der Waals surface area contributed by atoms with Crippen LogP contribution >= 0.6 is 0 Å². The molecule has 0 saturated carbocycles. The molecule has 3 aromatic rings. The first-order chi connectivity index (χ1) is 13.8. The molecule has 0 spiro atoms. The molecule has 0 aliphatic carbocycles. The number of amides is 1. The highest BCUT2D eigenvalue weighted by molar-refractivity contribution is 6.09. The maximum Gasteiger partial charge on any atom is 0.263 e. The number of hydrogen-bond donors (Lipinski definition) is 2. The zero-order valence-corrected chi connectivity index (χ0v) is 17.7. The van der Waals surface area contributed by atoms with Gasteiger partial charge in [-0.2, -0.15) is 5.10 Å². The molecule has 1 amide bonds. The lowest BCUT2D eigenvalue weighted by Crippen LogP contribution is -2.15. The molecule has 29 heavy (non-hydrogen) atoms. The molecule has 0 saturated heterocycles. The predicted molar refractivity (Wildman–Crippen MR) is 115 cm³/mol. The average molecular weight is 393 g/mol. The zero-order valence-electron chi connectivity index (χ0n) is 17.7. The van der Waals surface area contributed by atoms with Crippen molar-refractivity contribution >= 4 is 11.6 Å². The lowest BCUT2D eigenvalue weighted by Gasteiger charge is -2.19. The van der Waals surface area contributed by atoms with E-state index in [4.69, 9.17) is 9.47 Å². The van der Waals surface area contributed by atoms with E-state index in [2.05, 4.69) is 48.4 Å². The number of rotatable bonds is 5. The minimum Gasteiger partial charge on any atom is -0.496 e. The van der Waals surface area contributed by atoms with Crippen LogP contribution in [0.25, 0.3) is 11.3 Å². The molecular formula is C23H27N3O3. The molecule has 0 unspecified atom stereocenters. The number of aryl methyl sites for hydroxylation is 1. The summed E-state index contributed by atoms with van der Waals surface area (Å²) in [6.07, 6.45) is 0. The molecule has 0 fully saturated rings. The molecule has 2 N–H and O–H groups in total. The van der Waals surface area contributed by atoms with E-state index in [1.54, 1.807) is 18.2 Å². The van der Waals surface area contributed by atoms with E-state index in [1.165, 1.54) is 19.8 Å². The van der Waals surface area contributed by atoms with Crippen LogP contribution in [0, 0.1) is 6.92 Å². The number of carbonyl (C=O) groups excluding carboxylic acids is 1. The lowest BCUT2D eigenvalue weighted by molar-refractivity contribution is 0.102. The fraction of sp³-hybridized carbons (Fsp3) is 0.304. The van der Waals surface area contributed by atoms with Crippen LogP contribution in [0.3, 0.4) is 0 Å². The standard InChI is InChI=1S/C23H27N3O3/c1-14-20(24-22(27)19-17(28-5)8-7-9-18(19)29-6)21(26-25-14)15-10-12-16(13-11-15)23(2,3)4/h7-13H,1-6H3,(H,24,27)(H,25,26). The van der Waals surface area contributed by atoms with E-state index in [0.29, 0.717) is 28.4 Å². The van der Waals surface area contributed by atoms with Gasteiger partial charge in [0, 0.05) is 5.56 Å². The Kier molecular flexibility index (Phi) is 5.64. The molecule has 6 heteroatoms. The molecule has 152 valence electrons. The molecule has 1 aromatic heterocycles. The monoisotopic (exact) mass is 393 g/mol. The summed E-state index contributed by atoms with van der Waals surface area (Å²) >= 11 is 0. The second-order valence-corrected chi connectivity index (χ2v) is 7.89. The van der Waals surface area contributed by atoms with Gasteiger partial charge in [0.1, 0.15) is 22.8 Å². The van der Waals surface area contributed by atoms with Crippen molar-refractivity contribution in [1.82, 2.24) is 10.2 Å². The number of aromatic amines is 1. The van der Waals surface area contributed by atoms with Gasteiger partial charge in [0.05, 0.1) is 25.6 Å². The summed E-state index contributed by atoms with van der Waals surface area (Å²) in [5.41, 5.74) is 4.64. The minimum atomic E-state index is -0.323. The molecule has 0 bridgehead atoms. The molecule has 0 radical (unpaired) electrons. The van der Waals surface area contributed by atoms with Gasteiger partial charge in [-0.3, -0.25) is 9.89 Å². The molecule has 0 aliphatic rings. The fourth-order valence-electron chi connectivity index (χ4n) is 3.17. The second kappa shape index (κ2) is 7.99. The third-order valence-electron chi connectivity index (χ3n) is 4.86. The highest BCUT2D eigenvalue weighted by Crippen LogP contribution is 2.33. The second-order valence-electron chi connectivity index (χ2n) is 7.89. The summed E-state index contributed by atoms with van der Waals surface area (Å²) in [4.78, 5) is 13.1. The Morgan fingerprint density at radius 2 is 1.59 bits per heavy atom. The summed E-state index contributed by atoms with van der Waals surface area (Å²) in [6, 6.07) is 13.5. The van der Waals surface area contributed by atoms with Crippen molar-refractivity contribution in [3.8, 4) is 22.8 Å². The number of H-pyrrole nitrogens is 1. The van der Waals surface area contributed by atoms with Crippen molar-refractivity contribution in [3.05, 3.63) is 59.3 Å². The summed E-state index contributed by atoms with van der Waals surface area (Å²) in [7, 11) is 3.05. The maximum absolute atomic E-state index is 13.1. The SMILES string of the molecule is COc1cccc(OC)c1C(=O)Nc1c(-c2ccc(C(C)(C)C)cc2)n[nH]c1C. The van der Waals surface area contributed by atoms with Gasteiger partial charge in [0.2, 0.25) is 0 Å². The number of methoxy groups -OCH3 is 2. The predicted octanol–water partition coefficient (Wildman–Crippen LogP) is 4.95. The highest BCUT2D eigenvalue weighted by Gasteiger charge is 2.22.